The summed E-state index contributed by atoms with van der Waals surface area (Å²) in [7, 11) is -3.17. The number of benzene rings is 1. The van der Waals surface area contributed by atoms with E-state index in [2.05, 4.69) is 13.5 Å². The molecule has 0 heterocycles. The highest BCUT2D eigenvalue weighted by Crippen LogP contribution is 2.19. The summed E-state index contributed by atoms with van der Waals surface area (Å²) in [6.07, 6.45) is 2.70. The van der Waals surface area contributed by atoms with Crippen LogP contribution in [0.2, 0.25) is 0 Å². The van der Waals surface area contributed by atoms with Crippen LogP contribution in [0.25, 0.3) is 0 Å². The summed E-state index contributed by atoms with van der Waals surface area (Å²) in [4.78, 5) is 0.418. The van der Waals surface area contributed by atoms with E-state index in [4.69, 9.17) is 0 Å². The molecular weight excluding hydrogens is 232 g/mol. The summed E-state index contributed by atoms with van der Waals surface area (Å²) in [6, 6.07) is 7.20. The maximum absolute atomic E-state index is 12.0. The van der Waals surface area contributed by atoms with E-state index >= 15 is 0 Å². The molecule has 0 aliphatic rings. The first-order valence-electron chi connectivity index (χ1n) is 5.83. The highest BCUT2D eigenvalue weighted by molar-refractivity contribution is 7.92. The normalized spacial score (nSPS) is 13.6. The zero-order valence-electron chi connectivity index (χ0n) is 10.7. The van der Waals surface area contributed by atoms with Crippen LogP contribution in [0.5, 0.6) is 0 Å². The molecule has 0 radical (unpaired) electrons. The zero-order valence-corrected chi connectivity index (χ0v) is 11.5. The monoisotopic (exact) mass is 252 g/mol. The van der Waals surface area contributed by atoms with Gasteiger partial charge in [0, 0.05) is 0 Å². The second-order valence-corrected chi connectivity index (χ2v) is 7.16. The minimum absolute atomic E-state index is 0.354. The van der Waals surface area contributed by atoms with Crippen molar-refractivity contribution in [3.8, 4) is 0 Å². The predicted octanol–water partition coefficient (Wildman–Crippen LogP) is 3.23. The Morgan fingerprint density at radius 3 is 2.47 bits per heavy atom. The molecule has 3 heteroatoms. The van der Waals surface area contributed by atoms with Gasteiger partial charge in [0.1, 0.15) is 0 Å². The van der Waals surface area contributed by atoms with E-state index < -0.39 is 9.84 Å². The molecule has 0 aromatic heterocycles. The molecular formula is C14H20O2S. The van der Waals surface area contributed by atoms with E-state index in [1.807, 2.05) is 12.1 Å². The topological polar surface area (TPSA) is 34.1 Å². The molecule has 1 rings (SSSR count). The van der Waals surface area contributed by atoms with Gasteiger partial charge in [-0.1, -0.05) is 25.1 Å². The highest BCUT2D eigenvalue weighted by atomic mass is 32.2. The van der Waals surface area contributed by atoms with Gasteiger partial charge in [-0.15, -0.1) is 6.58 Å². The fourth-order valence-corrected chi connectivity index (χ4v) is 2.70. The van der Waals surface area contributed by atoms with Crippen molar-refractivity contribution in [2.45, 2.75) is 37.3 Å². The first-order chi connectivity index (χ1) is 7.87. The Bertz CT molecular complexity index is 487. The Kier molecular flexibility index (Phi) is 4.52. The molecule has 0 saturated heterocycles. The zero-order chi connectivity index (χ0) is 13.1. The quantitative estimate of drug-likeness (QED) is 0.754. The average Bonchev–Trinajstić information content (AvgIpc) is 2.29. The molecule has 1 atom stereocenters. The van der Waals surface area contributed by atoms with Crippen LogP contribution in [-0.2, 0) is 16.3 Å². The summed E-state index contributed by atoms with van der Waals surface area (Å²) in [5.74, 6) is 0.354. The fraction of sp³-hybridized carbons (Fsp3) is 0.429. The number of allylic oxidation sites excluding steroid dienone is 1. The van der Waals surface area contributed by atoms with Gasteiger partial charge in [0.15, 0.2) is 9.84 Å². The summed E-state index contributed by atoms with van der Waals surface area (Å²) in [5, 5.41) is -0.380. The second kappa shape index (κ2) is 5.50. The molecule has 0 bridgehead atoms. The molecule has 0 amide bonds. The van der Waals surface area contributed by atoms with E-state index in [1.165, 1.54) is 0 Å². The molecule has 0 aliphatic heterocycles. The van der Waals surface area contributed by atoms with E-state index in [0.29, 0.717) is 10.8 Å². The number of sulfone groups is 1. The van der Waals surface area contributed by atoms with Crippen molar-refractivity contribution >= 4 is 9.84 Å². The van der Waals surface area contributed by atoms with Gasteiger partial charge in [0.2, 0.25) is 0 Å². The Balaban J connectivity index is 3.06. The van der Waals surface area contributed by atoms with Crippen LogP contribution in [0, 0.1) is 5.92 Å². The van der Waals surface area contributed by atoms with Crippen molar-refractivity contribution < 1.29 is 8.42 Å². The van der Waals surface area contributed by atoms with Crippen LogP contribution in [0.15, 0.2) is 41.8 Å². The van der Waals surface area contributed by atoms with E-state index in [1.54, 1.807) is 32.0 Å². The smallest absolute Gasteiger partial charge is 0.180 e. The lowest BCUT2D eigenvalue weighted by Crippen LogP contribution is -2.14. The van der Waals surface area contributed by atoms with E-state index in [0.717, 1.165) is 12.0 Å². The van der Waals surface area contributed by atoms with Gasteiger partial charge >= 0.3 is 0 Å². The van der Waals surface area contributed by atoms with Crippen molar-refractivity contribution in [1.29, 1.82) is 0 Å². The minimum atomic E-state index is -3.17. The molecule has 2 nitrogen and oxygen atoms in total. The lowest BCUT2D eigenvalue weighted by Gasteiger charge is -2.10. The maximum atomic E-state index is 12.0. The molecule has 0 saturated carbocycles. The Labute approximate surface area is 104 Å². The van der Waals surface area contributed by atoms with Crippen molar-refractivity contribution in [2.24, 2.45) is 5.92 Å². The molecule has 0 spiro atoms. The molecule has 94 valence electrons. The van der Waals surface area contributed by atoms with Gasteiger partial charge in [-0.3, -0.25) is 0 Å². The van der Waals surface area contributed by atoms with Gasteiger partial charge in [0.25, 0.3) is 0 Å². The lowest BCUT2D eigenvalue weighted by molar-refractivity contribution is 0.587. The molecule has 0 N–H and O–H groups in total. The van der Waals surface area contributed by atoms with Crippen LogP contribution in [0.4, 0.5) is 0 Å². The standard InChI is InChI=1S/C14H20O2S/c1-5-12(4)9-13-7-6-8-14(10-13)17(15,16)11(2)3/h5-8,10-12H,1,9H2,2-4H3. The minimum Gasteiger partial charge on any atom is -0.223 e. The van der Waals surface area contributed by atoms with Crippen LogP contribution in [-0.4, -0.2) is 13.7 Å². The Morgan fingerprint density at radius 1 is 1.29 bits per heavy atom. The molecule has 1 unspecified atom stereocenters. The first kappa shape index (κ1) is 14.0. The summed E-state index contributed by atoms with van der Waals surface area (Å²) >= 11 is 0. The molecule has 17 heavy (non-hydrogen) atoms. The summed E-state index contributed by atoms with van der Waals surface area (Å²) in [5.41, 5.74) is 1.04. The summed E-state index contributed by atoms with van der Waals surface area (Å²) in [6.45, 7) is 9.21. The molecule has 1 aromatic carbocycles. The highest BCUT2D eigenvalue weighted by Gasteiger charge is 2.19. The van der Waals surface area contributed by atoms with Gasteiger partial charge < -0.3 is 0 Å². The Morgan fingerprint density at radius 2 is 1.94 bits per heavy atom. The second-order valence-electron chi connectivity index (χ2n) is 4.66. The van der Waals surface area contributed by atoms with E-state index in [-0.39, 0.29) is 5.25 Å². The Hall–Kier alpha value is -1.09. The lowest BCUT2D eigenvalue weighted by atomic mass is 10.0. The van der Waals surface area contributed by atoms with Crippen LogP contribution >= 0.6 is 0 Å². The number of hydrogen-bond acceptors (Lipinski definition) is 2. The summed E-state index contributed by atoms with van der Waals surface area (Å²) < 4.78 is 24.0. The molecule has 0 aliphatic carbocycles. The van der Waals surface area contributed by atoms with Gasteiger partial charge in [0.05, 0.1) is 10.1 Å². The maximum Gasteiger partial charge on any atom is 0.180 e. The van der Waals surface area contributed by atoms with Crippen molar-refractivity contribution in [2.75, 3.05) is 0 Å². The van der Waals surface area contributed by atoms with Crippen molar-refractivity contribution in [1.82, 2.24) is 0 Å². The number of rotatable bonds is 5. The van der Waals surface area contributed by atoms with Crippen molar-refractivity contribution in [3.05, 3.63) is 42.5 Å². The molecule has 1 aromatic rings. The van der Waals surface area contributed by atoms with Gasteiger partial charge in [-0.25, -0.2) is 8.42 Å². The molecule has 0 fully saturated rings. The van der Waals surface area contributed by atoms with Crippen LogP contribution in [0.1, 0.15) is 26.3 Å². The van der Waals surface area contributed by atoms with Gasteiger partial charge in [-0.05, 0) is 43.9 Å². The van der Waals surface area contributed by atoms with Crippen LogP contribution < -0.4 is 0 Å². The first-order valence-corrected chi connectivity index (χ1v) is 7.38. The van der Waals surface area contributed by atoms with Crippen LogP contribution in [0.3, 0.4) is 0 Å². The average molecular weight is 252 g/mol. The third-order valence-corrected chi connectivity index (χ3v) is 4.96. The fourth-order valence-electron chi connectivity index (χ4n) is 1.58. The third kappa shape index (κ3) is 3.43. The largest absolute Gasteiger partial charge is 0.223 e. The predicted molar refractivity (Wildman–Crippen MR) is 71.8 cm³/mol. The third-order valence-electron chi connectivity index (χ3n) is 2.81. The SMILES string of the molecule is C=CC(C)Cc1cccc(S(=O)(=O)C(C)C)c1. The number of hydrogen-bond donors (Lipinski definition) is 0. The van der Waals surface area contributed by atoms with Crippen molar-refractivity contribution in [3.63, 3.8) is 0 Å². The van der Waals surface area contributed by atoms with E-state index in [9.17, 15) is 8.42 Å². The van der Waals surface area contributed by atoms with Gasteiger partial charge in [-0.2, -0.15) is 0 Å².